The van der Waals surface area contributed by atoms with Gasteiger partial charge in [0.2, 0.25) is 0 Å². The molecule has 0 radical (unpaired) electrons. The normalized spacial score (nSPS) is 12.7. The summed E-state index contributed by atoms with van der Waals surface area (Å²) in [4.78, 5) is 0. The molecule has 0 aliphatic carbocycles. The molecule has 10 heavy (non-hydrogen) atoms. The fourth-order valence-electron chi connectivity index (χ4n) is 0.541. The summed E-state index contributed by atoms with van der Waals surface area (Å²) in [7, 11) is 0. The summed E-state index contributed by atoms with van der Waals surface area (Å²) < 4.78 is 4.93. The van der Waals surface area contributed by atoms with Crippen LogP contribution in [0.15, 0.2) is 0 Å². The fraction of sp³-hybridized carbons (Fsp3) is 0.857. The Hall–Kier alpha value is -0.150. The van der Waals surface area contributed by atoms with Crippen LogP contribution >= 0.6 is 12.2 Å². The number of ether oxygens (including phenoxy) is 1. The second kappa shape index (κ2) is 5.62. The molecular formula is C7H14O2S. The number of hydrogen-bond acceptors (Lipinski definition) is 3. The van der Waals surface area contributed by atoms with Gasteiger partial charge in [0.1, 0.15) is 0 Å². The molecule has 0 bridgehead atoms. The van der Waals surface area contributed by atoms with Gasteiger partial charge in [0.05, 0.1) is 0 Å². The second-order valence-electron chi connectivity index (χ2n) is 2.09. The van der Waals surface area contributed by atoms with E-state index < -0.39 is 6.29 Å². The van der Waals surface area contributed by atoms with Crippen molar-refractivity contribution in [3.05, 3.63) is 0 Å². The van der Waals surface area contributed by atoms with Crippen LogP contribution in [0, 0.1) is 0 Å². The molecule has 0 fully saturated rings. The van der Waals surface area contributed by atoms with Crippen LogP contribution in [-0.4, -0.2) is 16.4 Å². The van der Waals surface area contributed by atoms with Crippen LogP contribution in [0.4, 0.5) is 0 Å². The zero-order chi connectivity index (χ0) is 7.98. The van der Waals surface area contributed by atoms with Gasteiger partial charge < -0.3 is 9.84 Å². The number of thiocarbonyl (C=S) groups is 1. The number of hydrogen-bond donors (Lipinski definition) is 1. The molecule has 1 N–H and O–H groups in total. The van der Waals surface area contributed by atoms with Crippen molar-refractivity contribution in [2.24, 2.45) is 0 Å². The minimum Gasteiger partial charge on any atom is -0.459 e. The minimum atomic E-state index is -0.697. The second-order valence-corrected chi connectivity index (χ2v) is 2.54. The van der Waals surface area contributed by atoms with Gasteiger partial charge in [0.15, 0.2) is 11.3 Å². The average Bonchev–Trinajstić information content (AvgIpc) is 1.88. The molecule has 0 rings (SSSR count). The molecule has 0 aromatic carbocycles. The highest BCUT2D eigenvalue weighted by Crippen LogP contribution is 2.00. The van der Waals surface area contributed by atoms with Crippen molar-refractivity contribution in [1.82, 2.24) is 0 Å². The van der Waals surface area contributed by atoms with Gasteiger partial charge >= 0.3 is 0 Å². The zero-order valence-corrected chi connectivity index (χ0v) is 7.28. The Balaban J connectivity index is 3.37. The summed E-state index contributed by atoms with van der Waals surface area (Å²) in [6.07, 6.45) is 1.56. The maximum absolute atomic E-state index is 9.04. The van der Waals surface area contributed by atoms with Crippen LogP contribution in [0.25, 0.3) is 0 Å². The van der Waals surface area contributed by atoms with Gasteiger partial charge in [-0.25, -0.2) is 0 Å². The van der Waals surface area contributed by atoms with E-state index in [1.807, 2.05) is 13.8 Å². The van der Waals surface area contributed by atoms with E-state index >= 15 is 0 Å². The number of aliphatic hydroxyl groups is 1. The lowest BCUT2D eigenvalue weighted by Crippen LogP contribution is -2.14. The molecule has 0 amide bonds. The van der Waals surface area contributed by atoms with Crippen LogP contribution in [0.2, 0.25) is 0 Å². The highest BCUT2D eigenvalue weighted by molar-refractivity contribution is 7.80. The molecular weight excluding hydrogens is 148 g/mol. The molecule has 0 saturated carbocycles. The minimum absolute atomic E-state index is 0.487. The highest BCUT2D eigenvalue weighted by atomic mass is 32.1. The summed E-state index contributed by atoms with van der Waals surface area (Å²) in [5, 5.41) is 9.53. The number of aliphatic hydroxyl groups excluding tert-OH is 1. The monoisotopic (exact) mass is 162 g/mol. The maximum atomic E-state index is 9.04. The van der Waals surface area contributed by atoms with Gasteiger partial charge in [-0.1, -0.05) is 20.3 Å². The molecule has 0 aromatic rings. The van der Waals surface area contributed by atoms with Gasteiger partial charge in [0, 0.05) is 12.8 Å². The van der Waals surface area contributed by atoms with Gasteiger partial charge in [-0.3, -0.25) is 0 Å². The van der Waals surface area contributed by atoms with Crippen LogP contribution < -0.4 is 0 Å². The molecule has 0 aliphatic heterocycles. The summed E-state index contributed by atoms with van der Waals surface area (Å²) in [5.41, 5.74) is 0. The first-order chi connectivity index (χ1) is 4.70. The topological polar surface area (TPSA) is 29.5 Å². The Labute approximate surface area is 67.2 Å². The molecule has 1 unspecified atom stereocenters. The lowest BCUT2D eigenvalue weighted by Gasteiger charge is -2.11. The van der Waals surface area contributed by atoms with Crippen molar-refractivity contribution in [3.8, 4) is 0 Å². The molecule has 0 heterocycles. The summed E-state index contributed by atoms with van der Waals surface area (Å²) in [6, 6.07) is 0. The van der Waals surface area contributed by atoms with Crippen molar-refractivity contribution in [2.45, 2.75) is 39.4 Å². The predicted octanol–water partition coefficient (Wildman–Crippen LogP) is 1.86. The van der Waals surface area contributed by atoms with E-state index in [0.29, 0.717) is 17.9 Å². The molecule has 0 saturated heterocycles. The first-order valence-corrected chi connectivity index (χ1v) is 3.99. The first kappa shape index (κ1) is 9.85. The van der Waals surface area contributed by atoms with Crippen LogP contribution in [0.1, 0.15) is 33.1 Å². The van der Waals surface area contributed by atoms with Crippen molar-refractivity contribution in [2.75, 3.05) is 0 Å². The molecule has 0 aliphatic rings. The molecule has 0 spiro atoms. The Morgan fingerprint density at radius 2 is 2.20 bits per heavy atom. The van der Waals surface area contributed by atoms with Crippen LogP contribution in [-0.2, 0) is 4.74 Å². The zero-order valence-electron chi connectivity index (χ0n) is 6.46. The standard InChI is InChI=1S/C7H14O2S/c1-3-5-6(8)9-7(10)4-2/h6,8H,3-5H2,1-2H3. The van der Waals surface area contributed by atoms with Crippen molar-refractivity contribution in [3.63, 3.8) is 0 Å². The third-order valence-electron chi connectivity index (χ3n) is 1.09. The predicted molar refractivity (Wildman–Crippen MR) is 44.9 cm³/mol. The Kier molecular flexibility index (Phi) is 5.54. The van der Waals surface area contributed by atoms with Crippen molar-refractivity contribution in [1.29, 1.82) is 0 Å². The Morgan fingerprint density at radius 1 is 1.60 bits per heavy atom. The van der Waals surface area contributed by atoms with E-state index in [-0.39, 0.29) is 0 Å². The summed E-state index contributed by atoms with van der Waals surface area (Å²) >= 11 is 4.76. The van der Waals surface area contributed by atoms with E-state index in [2.05, 4.69) is 0 Å². The van der Waals surface area contributed by atoms with E-state index in [0.717, 1.165) is 6.42 Å². The van der Waals surface area contributed by atoms with E-state index in [1.54, 1.807) is 0 Å². The van der Waals surface area contributed by atoms with Gasteiger partial charge in [0.25, 0.3) is 0 Å². The fourth-order valence-corrected chi connectivity index (χ4v) is 0.652. The van der Waals surface area contributed by atoms with Crippen molar-refractivity contribution < 1.29 is 9.84 Å². The van der Waals surface area contributed by atoms with E-state index in [4.69, 9.17) is 22.1 Å². The highest BCUT2D eigenvalue weighted by Gasteiger charge is 2.03. The van der Waals surface area contributed by atoms with Crippen LogP contribution in [0.5, 0.6) is 0 Å². The molecule has 60 valence electrons. The number of rotatable bonds is 4. The maximum Gasteiger partial charge on any atom is 0.198 e. The molecule has 1 atom stereocenters. The largest absolute Gasteiger partial charge is 0.459 e. The van der Waals surface area contributed by atoms with Crippen molar-refractivity contribution >= 4 is 17.3 Å². The molecule has 0 aromatic heterocycles. The van der Waals surface area contributed by atoms with Gasteiger partial charge in [-0.15, -0.1) is 0 Å². The third kappa shape index (κ3) is 4.70. The Morgan fingerprint density at radius 3 is 2.60 bits per heavy atom. The van der Waals surface area contributed by atoms with E-state index in [9.17, 15) is 0 Å². The smallest absolute Gasteiger partial charge is 0.198 e. The lowest BCUT2D eigenvalue weighted by atomic mass is 10.3. The summed E-state index contributed by atoms with van der Waals surface area (Å²) in [5.74, 6) is 0. The van der Waals surface area contributed by atoms with E-state index in [1.165, 1.54) is 0 Å². The molecule has 3 heteroatoms. The molecule has 2 nitrogen and oxygen atoms in total. The summed E-state index contributed by atoms with van der Waals surface area (Å²) in [6.45, 7) is 3.89. The van der Waals surface area contributed by atoms with Gasteiger partial charge in [-0.05, 0) is 12.2 Å². The quantitative estimate of drug-likeness (QED) is 0.505. The lowest BCUT2D eigenvalue weighted by molar-refractivity contribution is -0.0324. The third-order valence-corrected chi connectivity index (χ3v) is 1.48. The first-order valence-electron chi connectivity index (χ1n) is 3.58. The average molecular weight is 162 g/mol. The SMILES string of the molecule is CCCC(O)OC(=S)CC. The Bertz CT molecular complexity index is 104. The van der Waals surface area contributed by atoms with Crippen LogP contribution in [0.3, 0.4) is 0 Å². The van der Waals surface area contributed by atoms with Gasteiger partial charge in [-0.2, -0.15) is 0 Å².